The number of carboxylic acids is 1. The molecule has 0 amide bonds. The monoisotopic (exact) mass is 665 g/mol. The molecular weight excluding hydrogens is 625 g/mol. The summed E-state index contributed by atoms with van der Waals surface area (Å²) in [6, 6.07) is 30.7. The fraction of sp³-hybridized carbons (Fsp3) is 0.306. The fourth-order valence-electron chi connectivity index (χ4n) is 5.96. The largest absolute Gasteiger partial charge is 0.489 e. The molecular formula is C36H41Cl2N3O3S. The molecule has 238 valence electrons. The van der Waals surface area contributed by atoms with Gasteiger partial charge in [-0.25, -0.2) is 4.79 Å². The summed E-state index contributed by atoms with van der Waals surface area (Å²) in [7, 11) is 2.19. The third-order valence-electron chi connectivity index (χ3n) is 8.34. The van der Waals surface area contributed by atoms with E-state index in [2.05, 4.69) is 57.8 Å². The van der Waals surface area contributed by atoms with Gasteiger partial charge < -0.3 is 24.2 Å². The predicted octanol–water partition coefficient (Wildman–Crippen LogP) is 8.58. The lowest BCUT2D eigenvalue weighted by Crippen LogP contribution is -2.37. The molecule has 1 saturated heterocycles. The number of carboxylic acid groups (broad SMARTS) is 1. The summed E-state index contributed by atoms with van der Waals surface area (Å²) in [6.07, 6.45) is 3.95. The zero-order valence-corrected chi connectivity index (χ0v) is 28.0. The molecule has 5 aromatic rings. The van der Waals surface area contributed by atoms with E-state index in [1.807, 2.05) is 54.6 Å². The van der Waals surface area contributed by atoms with Crippen LogP contribution in [0, 0.1) is 0 Å². The number of carbonyl (C=O) groups is 1. The minimum atomic E-state index is -0.883. The number of benzene rings is 3. The number of hydrogen-bond acceptors (Lipinski definition) is 5. The Kier molecular flexibility index (Phi) is 12.5. The number of nitrogens with zero attached hydrogens (tertiary/aromatic N) is 3. The topological polar surface area (TPSA) is 57.9 Å². The summed E-state index contributed by atoms with van der Waals surface area (Å²) >= 11 is 1.36. The van der Waals surface area contributed by atoms with Crippen LogP contribution in [0.3, 0.4) is 0 Å². The summed E-state index contributed by atoms with van der Waals surface area (Å²) in [5, 5.41) is 9.89. The van der Waals surface area contributed by atoms with Crippen molar-refractivity contribution in [1.29, 1.82) is 0 Å². The molecule has 9 heteroatoms. The van der Waals surface area contributed by atoms with Gasteiger partial charge in [-0.2, -0.15) is 0 Å². The first-order chi connectivity index (χ1) is 21.1. The molecule has 0 radical (unpaired) electrons. The molecule has 0 saturated carbocycles. The summed E-state index contributed by atoms with van der Waals surface area (Å²) < 4.78 is 9.43. The third kappa shape index (κ3) is 8.29. The van der Waals surface area contributed by atoms with E-state index in [1.165, 1.54) is 43.7 Å². The van der Waals surface area contributed by atoms with Crippen LogP contribution in [0.15, 0.2) is 91.0 Å². The fourth-order valence-corrected chi connectivity index (χ4v) is 7.03. The van der Waals surface area contributed by atoms with Gasteiger partial charge in [-0.05, 0) is 80.0 Å². The SMILES string of the molecule is CN(CCN1CCCCC1)CCn1c(-c2ccc(OCc3ccccc3)cc2)c(-c2ccccc2)c2sc(C(=O)O)cc21.Cl.Cl. The number of likely N-dealkylation sites (tertiary alicyclic amines) is 1. The second kappa shape index (κ2) is 16.3. The van der Waals surface area contributed by atoms with E-state index < -0.39 is 5.97 Å². The second-order valence-corrected chi connectivity index (χ2v) is 12.4. The first-order valence-corrected chi connectivity index (χ1v) is 16.0. The Morgan fingerprint density at radius 3 is 2.16 bits per heavy atom. The van der Waals surface area contributed by atoms with Gasteiger partial charge in [0.2, 0.25) is 0 Å². The van der Waals surface area contributed by atoms with E-state index in [9.17, 15) is 9.90 Å². The number of ether oxygens (including phenoxy) is 1. The van der Waals surface area contributed by atoms with Gasteiger partial charge in [-0.1, -0.05) is 67.1 Å². The number of aromatic nitrogens is 1. The summed E-state index contributed by atoms with van der Waals surface area (Å²) in [5.41, 5.74) is 6.48. The average Bonchev–Trinajstić information content (AvgIpc) is 3.61. The van der Waals surface area contributed by atoms with Crippen molar-refractivity contribution in [2.24, 2.45) is 0 Å². The van der Waals surface area contributed by atoms with E-state index in [0.717, 1.165) is 70.1 Å². The van der Waals surface area contributed by atoms with E-state index >= 15 is 0 Å². The molecule has 45 heavy (non-hydrogen) atoms. The molecule has 1 fully saturated rings. The Hall–Kier alpha value is -3.33. The zero-order chi connectivity index (χ0) is 29.6. The Bertz CT molecular complexity index is 1650. The standard InChI is InChI=1S/C36H39N3O3S.2ClH/c1-37(21-23-38-19-9-4-10-20-38)22-24-39-31-25-32(36(40)41)43-35(31)33(28-13-7-3-8-14-28)34(39)29-15-17-30(18-16-29)42-26-27-11-5-2-6-12-27;;/h2-3,5-8,11-18,25H,4,9-10,19-24,26H2,1H3,(H,40,41);2*1H. The number of hydrogen-bond donors (Lipinski definition) is 1. The zero-order valence-electron chi connectivity index (χ0n) is 25.6. The van der Waals surface area contributed by atoms with E-state index in [4.69, 9.17) is 4.74 Å². The minimum Gasteiger partial charge on any atom is -0.489 e. The Morgan fingerprint density at radius 2 is 1.49 bits per heavy atom. The number of likely N-dealkylation sites (N-methyl/N-ethyl adjacent to an activating group) is 1. The van der Waals surface area contributed by atoms with Gasteiger partial charge in [0, 0.05) is 31.7 Å². The molecule has 0 aliphatic carbocycles. The smallest absolute Gasteiger partial charge is 0.345 e. The van der Waals surface area contributed by atoms with E-state index in [0.29, 0.717) is 11.5 Å². The molecule has 6 nitrogen and oxygen atoms in total. The molecule has 1 aliphatic rings. The maximum atomic E-state index is 12.1. The number of halogens is 2. The van der Waals surface area contributed by atoms with Crippen molar-refractivity contribution in [2.45, 2.75) is 32.4 Å². The van der Waals surface area contributed by atoms with E-state index in [-0.39, 0.29) is 24.8 Å². The summed E-state index contributed by atoms with van der Waals surface area (Å²) in [6.45, 7) is 6.66. The van der Waals surface area contributed by atoms with Crippen molar-refractivity contribution in [3.8, 4) is 28.1 Å². The molecule has 3 heterocycles. The lowest BCUT2D eigenvalue weighted by atomic mass is 10.0. The predicted molar refractivity (Wildman–Crippen MR) is 191 cm³/mol. The van der Waals surface area contributed by atoms with Gasteiger partial charge in [0.25, 0.3) is 0 Å². The van der Waals surface area contributed by atoms with Crippen molar-refractivity contribution in [3.63, 3.8) is 0 Å². The molecule has 0 bridgehead atoms. The molecule has 2 aromatic heterocycles. The van der Waals surface area contributed by atoms with Crippen molar-refractivity contribution in [3.05, 3.63) is 101 Å². The normalized spacial score (nSPS) is 13.4. The van der Waals surface area contributed by atoms with Crippen molar-refractivity contribution < 1.29 is 14.6 Å². The quantitative estimate of drug-likeness (QED) is 0.145. The van der Waals surface area contributed by atoms with Crippen molar-refractivity contribution in [2.75, 3.05) is 39.8 Å². The van der Waals surface area contributed by atoms with Crippen molar-refractivity contribution in [1.82, 2.24) is 14.4 Å². The van der Waals surface area contributed by atoms with Gasteiger partial charge in [0.15, 0.2) is 0 Å². The van der Waals surface area contributed by atoms with Crippen LogP contribution in [0.4, 0.5) is 0 Å². The van der Waals surface area contributed by atoms with Crippen LogP contribution in [-0.2, 0) is 13.2 Å². The number of aromatic carboxylic acids is 1. The first-order valence-electron chi connectivity index (χ1n) is 15.2. The number of piperidine rings is 1. The van der Waals surface area contributed by atoms with E-state index in [1.54, 1.807) is 0 Å². The second-order valence-electron chi connectivity index (χ2n) is 11.4. The van der Waals surface area contributed by atoms with Gasteiger partial charge in [-0.3, -0.25) is 0 Å². The number of rotatable bonds is 12. The van der Waals surface area contributed by atoms with Gasteiger partial charge in [0.1, 0.15) is 17.2 Å². The molecule has 0 atom stereocenters. The molecule has 3 aromatic carbocycles. The summed E-state index contributed by atoms with van der Waals surface area (Å²) in [5.74, 6) is -0.0636. The number of fused-ring (bicyclic) bond motifs is 1. The van der Waals surface area contributed by atoms with Gasteiger partial charge >= 0.3 is 5.97 Å². The van der Waals surface area contributed by atoms with Crippen LogP contribution >= 0.6 is 36.2 Å². The lowest BCUT2D eigenvalue weighted by Gasteiger charge is -2.28. The maximum absolute atomic E-state index is 12.1. The molecule has 0 spiro atoms. The highest BCUT2D eigenvalue weighted by atomic mass is 35.5. The molecule has 1 aliphatic heterocycles. The highest BCUT2D eigenvalue weighted by molar-refractivity contribution is 7.21. The summed E-state index contributed by atoms with van der Waals surface area (Å²) in [4.78, 5) is 17.4. The minimum absolute atomic E-state index is 0. The molecule has 6 rings (SSSR count). The Morgan fingerprint density at radius 1 is 0.844 bits per heavy atom. The highest BCUT2D eigenvalue weighted by Gasteiger charge is 2.24. The van der Waals surface area contributed by atoms with Crippen LogP contribution < -0.4 is 4.74 Å². The van der Waals surface area contributed by atoms with Gasteiger partial charge in [-0.15, -0.1) is 36.2 Å². The van der Waals surface area contributed by atoms with Crippen molar-refractivity contribution >= 4 is 52.3 Å². The molecule has 0 unspecified atom stereocenters. The van der Waals surface area contributed by atoms with Gasteiger partial charge in [0.05, 0.1) is 15.9 Å². The van der Waals surface area contributed by atoms with Crippen LogP contribution in [0.2, 0.25) is 0 Å². The molecule has 1 N–H and O–H groups in total. The first kappa shape index (κ1) is 34.5. The van der Waals surface area contributed by atoms with Crippen LogP contribution in [0.25, 0.3) is 32.6 Å². The Balaban J connectivity index is 0.00000230. The van der Waals surface area contributed by atoms with Crippen LogP contribution in [-0.4, -0.2) is 65.2 Å². The third-order valence-corrected chi connectivity index (χ3v) is 9.47. The average molecular weight is 667 g/mol. The highest BCUT2D eigenvalue weighted by Crippen LogP contribution is 2.45. The Labute approximate surface area is 282 Å². The number of thiophene rings is 1. The van der Waals surface area contributed by atoms with Crippen LogP contribution in [0.1, 0.15) is 34.5 Å². The van der Waals surface area contributed by atoms with Crippen LogP contribution in [0.5, 0.6) is 5.75 Å². The lowest BCUT2D eigenvalue weighted by molar-refractivity contribution is 0.0702. The maximum Gasteiger partial charge on any atom is 0.345 e.